The van der Waals surface area contributed by atoms with Gasteiger partial charge in [-0.2, -0.15) is 12.1 Å². The first kappa shape index (κ1) is 29.6. The van der Waals surface area contributed by atoms with Crippen LogP contribution < -0.4 is 15.1 Å². The maximum atomic E-state index is 11.9. The summed E-state index contributed by atoms with van der Waals surface area (Å²) in [4.78, 5) is 16.7. The van der Waals surface area contributed by atoms with Crippen molar-refractivity contribution in [3.8, 4) is 17.3 Å². The first-order valence-corrected chi connectivity index (χ1v) is 16.9. The molecule has 0 spiro atoms. The van der Waals surface area contributed by atoms with Crippen LogP contribution in [0, 0.1) is 12.1 Å². The van der Waals surface area contributed by atoms with E-state index in [0.717, 1.165) is 43.6 Å². The van der Waals surface area contributed by atoms with E-state index in [2.05, 4.69) is 118 Å². The molecular formula is C37H34N2O2PtSi. The van der Waals surface area contributed by atoms with E-state index >= 15 is 0 Å². The van der Waals surface area contributed by atoms with Crippen molar-refractivity contribution in [3.63, 3.8) is 0 Å². The number of ether oxygens (including phenoxy) is 1. The number of rotatable bonds is 3. The minimum atomic E-state index is -2.97. The first-order valence-electron chi connectivity index (χ1n) is 14.5. The minimum absolute atomic E-state index is 0. The fourth-order valence-corrected chi connectivity index (χ4v) is 9.37. The summed E-state index contributed by atoms with van der Waals surface area (Å²) in [7, 11) is -2.97. The number of nitrogens with zero attached hydrogens (tertiary/aromatic N) is 2. The summed E-state index contributed by atoms with van der Waals surface area (Å²) in [5.74, 6) is 2.01. The molecule has 4 nitrogen and oxygen atoms in total. The molecule has 218 valence electrons. The number of fused-ring (bicyclic) bond motifs is 5. The summed E-state index contributed by atoms with van der Waals surface area (Å²) < 4.78 is 8.60. The van der Waals surface area contributed by atoms with E-state index in [1.807, 2.05) is 30.9 Å². The zero-order valence-electron chi connectivity index (χ0n) is 25.2. The second-order valence-electron chi connectivity index (χ2n) is 13.0. The SMILES string of the molecule is CC(C)(C)c1ccnc(-n2c3[c-]c(Oc4[c-]c5c(cc4)C(C)(C)c4ccccc4[Si]5(C)O)ccc3c3ccccc32)c1.[Pt+2]. The Bertz CT molecular complexity index is 2020. The van der Waals surface area contributed by atoms with E-state index in [-0.39, 0.29) is 31.9 Å². The smallest absolute Gasteiger partial charge is 0.509 e. The maximum Gasteiger partial charge on any atom is 2.00 e. The number of pyridine rings is 1. The predicted octanol–water partition coefficient (Wildman–Crippen LogP) is 7.19. The Labute approximate surface area is 268 Å². The van der Waals surface area contributed by atoms with Crippen LogP contribution in [0.5, 0.6) is 11.5 Å². The molecule has 0 saturated heterocycles. The van der Waals surface area contributed by atoms with Crippen LogP contribution in [0.4, 0.5) is 0 Å². The molecule has 4 aromatic carbocycles. The molecule has 43 heavy (non-hydrogen) atoms. The van der Waals surface area contributed by atoms with E-state index < -0.39 is 8.32 Å². The topological polar surface area (TPSA) is 47.3 Å². The van der Waals surface area contributed by atoms with Crippen LogP contribution in [0.3, 0.4) is 0 Å². The standard InChI is InChI=1S/C37H34N2O2Si.Pt/c1-36(2,3)24-19-20-38-35(21-24)39-31-13-9-7-11-27(31)28-17-15-25(22-32(28)39)41-26-16-18-30-34(23-26)42(6,40)33-14-10-8-12-29(33)37(30,4)5;/h7-21,40H,1-6H3;/q-2;+2. The van der Waals surface area contributed by atoms with Crippen molar-refractivity contribution >= 4 is 40.5 Å². The molecule has 2 aromatic heterocycles. The number of para-hydroxylation sites is 1. The molecule has 0 aliphatic carbocycles. The van der Waals surface area contributed by atoms with Crippen molar-refractivity contribution < 1.29 is 30.6 Å². The Balaban J connectivity index is 0.00000329. The van der Waals surface area contributed by atoms with Gasteiger partial charge in [0.25, 0.3) is 0 Å². The maximum absolute atomic E-state index is 11.9. The normalized spacial score (nSPS) is 17.3. The van der Waals surface area contributed by atoms with Crippen molar-refractivity contribution in [2.24, 2.45) is 0 Å². The summed E-state index contributed by atoms with van der Waals surface area (Å²) in [6.07, 6.45) is 1.88. The van der Waals surface area contributed by atoms with Crippen molar-refractivity contribution in [2.45, 2.75) is 52.0 Å². The van der Waals surface area contributed by atoms with E-state index in [1.54, 1.807) is 0 Å². The molecule has 0 radical (unpaired) electrons. The van der Waals surface area contributed by atoms with Crippen LogP contribution in [-0.4, -0.2) is 22.7 Å². The largest absolute Gasteiger partial charge is 2.00 e. The van der Waals surface area contributed by atoms with Gasteiger partial charge < -0.3 is 14.1 Å². The van der Waals surface area contributed by atoms with Gasteiger partial charge in [-0.25, -0.2) is 4.98 Å². The molecule has 1 aliphatic rings. The Morgan fingerprint density at radius 2 is 1.53 bits per heavy atom. The molecule has 1 aliphatic heterocycles. The van der Waals surface area contributed by atoms with Gasteiger partial charge in [0.05, 0.1) is 0 Å². The Kier molecular flexibility index (Phi) is 7.08. The van der Waals surface area contributed by atoms with Crippen molar-refractivity contribution in [2.75, 3.05) is 0 Å². The molecular weight excluding hydrogens is 728 g/mol. The van der Waals surface area contributed by atoms with E-state index in [0.29, 0.717) is 11.5 Å². The average Bonchev–Trinajstić information content (AvgIpc) is 3.30. The monoisotopic (exact) mass is 761 g/mol. The number of hydrogen-bond acceptors (Lipinski definition) is 3. The second-order valence-corrected chi connectivity index (χ2v) is 16.2. The average molecular weight is 762 g/mol. The molecule has 6 heteroatoms. The van der Waals surface area contributed by atoms with Crippen molar-refractivity contribution in [1.82, 2.24) is 9.55 Å². The van der Waals surface area contributed by atoms with Crippen LogP contribution in [0.25, 0.3) is 27.6 Å². The molecule has 1 N–H and O–H groups in total. The van der Waals surface area contributed by atoms with Gasteiger partial charge in [-0.3, -0.25) is 0 Å². The molecule has 1 atom stereocenters. The quantitative estimate of drug-likeness (QED) is 0.154. The second kappa shape index (κ2) is 10.3. The Morgan fingerprint density at radius 1 is 0.837 bits per heavy atom. The van der Waals surface area contributed by atoms with E-state index in [4.69, 9.17) is 9.72 Å². The number of aromatic nitrogens is 2. The van der Waals surface area contributed by atoms with Gasteiger partial charge in [-0.15, -0.1) is 40.4 Å². The van der Waals surface area contributed by atoms with Gasteiger partial charge in [0, 0.05) is 23.2 Å². The van der Waals surface area contributed by atoms with Gasteiger partial charge in [0.1, 0.15) is 5.82 Å². The molecule has 7 rings (SSSR count). The van der Waals surface area contributed by atoms with Gasteiger partial charge in [-0.1, -0.05) is 82.6 Å². The summed E-state index contributed by atoms with van der Waals surface area (Å²) in [5.41, 5.74) is 5.24. The fourth-order valence-electron chi connectivity index (χ4n) is 6.47. The van der Waals surface area contributed by atoms with E-state index in [1.165, 1.54) is 11.1 Å². The third kappa shape index (κ3) is 4.70. The van der Waals surface area contributed by atoms with Gasteiger partial charge in [0.15, 0.2) is 0 Å². The minimum Gasteiger partial charge on any atom is -0.509 e. The van der Waals surface area contributed by atoms with Crippen LogP contribution in [0.2, 0.25) is 6.55 Å². The predicted molar refractivity (Wildman–Crippen MR) is 173 cm³/mol. The van der Waals surface area contributed by atoms with Gasteiger partial charge >= 0.3 is 21.1 Å². The summed E-state index contributed by atoms with van der Waals surface area (Å²) >= 11 is 0. The van der Waals surface area contributed by atoms with Gasteiger partial charge in [0.2, 0.25) is 8.32 Å². The summed E-state index contributed by atoms with van der Waals surface area (Å²) in [5, 5.41) is 4.14. The van der Waals surface area contributed by atoms with Crippen LogP contribution >= 0.6 is 0 Å². The summed E-state index contributed by atoms with van der Waals surface area (Å²) in [6.45, 7) is 13.1. The van der Waals surface area contributed by atoms with Crippen molar-refractivity contribution in [1.29, 1.82) is 0 Å². The zero-order valence-corrected chi connectivity index (χ0v) is 28.5. The molecule has 0 bridgehead atoms. The van der Waals surface area contributed by atoms with Crippen molar-refractivity contribution in [3.05, 3.63) is 120 Å². The number of hydrogen-bond donors (Lipinski definition) is 1. The molecule has 1 unspecified atom stereocenters. The Morgan fingerprint density at radius 3 is 2.33 bits per heavy atom. The molecule has 6 aromatic rings. The Hall–Kier alpha value is -3.50. The molecule has 0 fully saturated rings. The van der Waals surface area contributed by atoms with Gasteiger partial charge in [-0.05, 0) is 57.3 Å². The van der Waals surface area contributed by atoms with E-state index in [9.17, 15) is 4.80 Å². The zero-order chi connectivity index (χ0) is 29.4. The third-order valence-electron chi connectivity index (χ3n) is 8.82. The molecule has 0 amide bonds. The van der Waals surface area contributed by atoms with Crippen LogP contribution in [0.1, 0.15) is 51.3 Å². The third-order valence-corrected chi connectivity index (χ3v) is 11.7. The molecule has 3 heterocycles. The van der Waals surface area contributed by atoms with Crippen LogP contribution in [-0.2, 0) is 31.9 Å². The molecule has 0 saturated carbocycles. The fraction of sp³-hybridized carbons (Fsp3) is 0.216. The number of benzene rings is 4. The summed E-state index contributed by atoms with van der Waals surface area (Å²) in [6, 6.07) is 36.0. The van der Waals surface area contributed by atoms with Crippen LogP contribution in [0.15, 0.2) is 91.1 Å². The first-order chi connectivity index (χ1) is 20.0.